The van der Waals surface area contributed by atoms with Crippen molar-refractivity contribution in [2.75, 3.05) is 5.32 Å². The number of rotatable bonds is 2. The number of thiazole rings is 1. The monoisotopic (exact) mass is 384 g/mol. The molecule has 7 heteroatoms. The standard InChI is InChI=1S/C19H13ClN2O3S/c1-9-3-4-13-17(5-9)26-19(21-13)22-18(24)16-8-14(23)11-7-12(20)10(2)6-15(11)25-16/h3-8H,1-2H3,(H,21,22,24). The predicted molar refractivity (Wildman–Crippen MR) is 105 cm³/mol. The molecule has 0 unspecified atom stereocenters. The molecule has 0 spiro atoms. The number of aryl methyl sites for hydroxylation is 2. The molecule has 1 amide bonds. The number of anilines is 1. The van der Waals surface area contributed by atoms with Gasteiger partial charge in [0, 0.05) is 11.1 Å². The van der Waals surface area contributed by atoms with Gasteiger partial charge in [-0.1, -0.05) is 29.0 Å². The second-order valence-corrected chi connectivity index (χ2v) is 7.45. The summed E-state index contributed by atoms with van der Waals surface area (Å²) in [6.07, 6.45) is 0. The third-order valence-electron chi connectivity index (χ3n) is 4.00. The van der Waals surface area contributed by atoms with Crippen LogP contribution in [-0.4, -0.2) is 10.9 Å². The summed E-state index contributed by atoms with van der Waals surface area (Å²) >= 11 is 7.42. The van der Waals surface area contributed by atoms with E-state index in [-0.39, 0.29) is 11.2 Å². The van der Waals surface area contributed by atoms with Crippen LogP contribution in [0.1, 0.15) is 21.7 Å². The molecular weight excluding hydrogens is 372 g/mol. The minimum atomic E-state index is -0.521. The van der Waals surface area contributed by atoms with Gasteiger partial charge in [-0.3, -0.25) is 14.9 Å². The number of halogens is 1. The lowest BCUT2D eigenvalue weighted by molar-refractivity contribution is 0.0997. The highest BCUT2D eigenvalue weighted by Gasteiger charge is 2.15. The fraction of sp³-hybridized carbons (Fsp3) is 0.105. The van der Waals surface area contributed by atoms with Gasteiger partial charge >= 0.3 is 0 Å². The van der Waals surface area contributed by atoms with E-state index in [1.54, 1.807) is 19.1 Å². The van der Waals surface area contributed by atoms with E-state index < -0.39 is 5.91 Å². The maximum Gasteiger partial charge on any atom is 0.293 e. The van der Waals surface area contributed by atoms with Crippen LogP contribution < -0.4 is 10.7 Å². The van der Waals surface area contributed by atoms with Crippen LogP contribution in [0.2, 0.25) is 5.02 Å². The average molecular weight is 385 g/mol. The summed E-state index contributed by atoms with van der Waals surface area (Å²) in [6.45, 7) is 3.80. The molecule has 130 valence electrons. The summed E-state index contributed by atoms with van der Waals surface area (Å²) in [5.74, 6) is -0.591. The van der Waals surface area contributed by atoms with Crippen LogP contribution >= 0.6 is 22.9 Å². The lowest BCUT2D eigenvalue weighted by Crippen LogP contribution is -2.14. The number of carbonyl (C=O) groups excluding carboxylic acids is 1. The van der Waals surface area contributed by atoms with Gasteiger partial charge in [-0.15, -0.1) is 0 Å². The van der Waals surface area contributed by atoms with Gasteiger partial charge in [0.25, 0.3) is 5.91 Å². The third-order valence-corrected chi connectivity index (χ3v) is 5.34. The number of nitrogens with zero attached hydrogens (tertiary/aromatic N) is 1. The Balaban J connectivity index is 1.71. The van der Waals surface area contributed by atoms with Crippen molar-refractivity contribution in [3.05, 3.63) is 68.5 Å². The molecule has 26 heavy (non-hydrogen) atoms. The van der Waals surface area contributed by atoms with E-state index in [2.05, 4.69) is 10.3 Å². The van der Waals surface area contributed by atoms with E-state index in [0.29, 0.717) is 21.1 Å². The normalized spacial score (nSPS) is 11.2. The highest BCUT2D eigenvalue weighted by Crippen LogP contribution is 2.27. The van der Waals surface area contributed by atoms with E-state index in [9.17, 15) is 9.59 Å². The van der Waals surface area contributed by atoms with Crippen LogP contribution in [0.25, 0.3) is 21.2 Å². The van der Waals surface area contributed by atoms with E-state index in [4.69, 9.17) is 16.0 Å². The van der Waals surface area contributed by atoms with Crippen molar-refractivity contribution in [2.24, 2.45) is 0 Å². The van der Waals surface area contributed by atoms with E-state index >= 15 is 0 Å². The summed E-state index contributed by atoms with van der Waals surface area (Å²) in [6, 6.07) is 10.2. The first-order chi connectivity index (χ1) is 12.4. The largest absolute Gasteiger partial charge is 0.451 e. The van der Waals surface area contributed by atoms with Crippen LogP contribution in [0.5, 0.6) is 0 Å². The molecule has 0 aliphatic carbocycles. The molecule has 0 bridgehead atoms. The predicted octanol–water partition coefficient (Wildman–Crippen LogP) is 4.93. The molecule has 1 N–H and O–H groups in total. The summed E-state index contributed by atoms with van der Waals surface area (Å²) in [5.41, 5.74) is 2.69. The van der Waals surface area contributed by atoms with Crippen LogP contribution in [-0.2, 0) is 0 Å². The third kappa shape index (κ3) is 2.98. The quantitative estimate of drug-likeness (QED) is 0.532. The molecule has 0 saturated heterocycles. The Bertz CT molecular complexity index is 1240. The number of aromatic nitrogens is 1. The van der Waals surface area contributed by atoms with E-state index in [0.717, 1.165) is 21.3 Å². The van der Waals surface area contributed by atoms with Gasteiger partial charge < -0.3 is 4.42 Å². The van der Waals surface area contributed by atoms with Gasteiger partial charge in [0.1, 0.15) is 5.58 Å². The Kier molecular flexibility index (Phi) is 4.01. The zero-order valence-corrected chi connectivity index (χ0v) is 15.5. The Morgan fingerprint density at radius 3 is 2.81 bits per heavy atom. The molecule has 0 radical (unpaired) electrons. The van der Waals surface area contributed by atoms with Gasteiger partial charge in [-0.05, 0) is 49.2 Å². The van der Waals surface area contributed by atoms with Gasteiger partial charge in [-0.25, -0.2) is 4.98 Å². The number of nitrogens with one attached hydrogen (secondary N) is 1. The minimum absolute atomic E-state index is 0.0698. The number of hydrogen-bond acceptors (Lipinski definition) is 5. The van der Waals surface area contributed by atoms with Crippen molar-refractivity contribution < 1.29 is 9.21 Å². The Labute approximate surface area is 157 Å². The van der Waals surface area contributed by atoms with Crippen LogP contribution in [0.15, 0.2) is 45.6 Å². The zero-order chi connectivity index (χ0) is 18.4. The number of amides is 1. The fourth-order valence-electron chi connectivity index (χ4n) is 2.63. The molecule has 0 aliphatic rings. The molecular formula is C19H13ClN2O3S. The van der Waals surface area contributed by atoms with Crippen molar-refractivity contribution in [3.63, 3.8) is 0 Å². The first-order valence-corrected chi connectivity index (χ1v) is 9.03. The van der Waals surface area contributed by atoms with Crippen LogP contribution in [0, 0.1) is 13.8 Å². The maximum atomic E-state index is 12.5. The SMILES string of the molecule is Cc1ccc2nc(NC(=O)c3cc(=O)c4cc(Cl)c(C)cc4o3)sc2c1. The lowest BCUT2D eigenvalue weighted by Gasteiger charge is -2.04. The molecule has 0 saturated carbocycles. The van der Waals surface area contributed by atoms with Crippen molar-refractivity contribution in [3.8, 4) is 0 Å². The van der Waals surface area contributed by atoms with Crippen LogP contribution in [0.3, 0.4) is 0 Å². The van der Waals surface area contributed by atoms with E-state index in [1.165, 1.54) is 17.4 Å². The summed E-state index contributed by atoms with van der Waals surface area (Å²) < 4.78 is 6.59. The second kappa shape index (κ2) is 6.23. The molecule has 4 rings (SSSR count). The number of carbonyl (C=O) groups is 1. The van der Waals surface area contributed by atoms with Gasteiger partial charge in [0.15, 0.2) is 16.3 Å². The van der Waals surface area contributed by atoms with Crippen molar-refractivity contribution in [2.45, 2.75) is 13.8 Å². The maximum absolute atomic E-state index is 12.5. The van der Waals surface area contributed by atoms with Crippen LogP contribution in [0.4, 0.5) is 5.13 Å². The first-order valence-electron chi connectivity index (χ1n) is 7.83. The Morgan fingerprint density at radius 2 is 2.00 bits per heavy atom. The Morgan fingerprint density at radius 1 is 1.19 bits per heavy atom. The summed E-state index contributed by atoms with van der Waals surface area (Å²) in [5, 5.41) is 3.96. The number of benzene rings is 2. The second-order valence-electron chi connectivity index (χ2n) is 6.02. The molecule has 2 heterocycles. The Hall–Kier alpha value is -2.70. The average Bonchev–Trinajstić information content (AvgIpc) is 2.97. The molecule has 0 fully saturated rings. The summed E-state index contributed by atoms with van der Waals surface area (Å²) in [4.78, 5) is 29.2. The highest BCUT2D eigenvalue weighted by molar-refractivity contribution is 7.22. The molecule has 0 aliphatic heterocycles. The zero-order valence-electron chi connectivity index (χ0n) is 13.9. The first kappa shape index (κ1) is 16.8. The minimum Gasteiger partial charge on any atom is -0.451 e. The topological polar surface area (TPSA) is 72.2 Å². The van der Waals surface area contributed by atoms with Crippen molar-refractivity contribution in [1.82, 2.24) is 4.98 Å². The molecule has 4 aromatic rings. The fourth-order valence-corrected chi connectivity index (χ4v) is 3.76. The number of hydrogen-bond donors (Lipinski definition) is 1. The highest BCUT2D eigenvalue weighted by atomic mass is 35.5. The molecule has 2 aromatic carbocycles. The summed E-state index contributed by atoms with van der Waals surface area (Å²) in [7, 11) is 0. The lowest BCUT2D eigenvalue weighted by atomic mass is 10.1. The number of fused-ring (bicyclic) bond motifs is 2. The van der Waals surface area contributed by atoms with E-state index in [1.807, 2.05) is 25.1 Å². The molecule has 0 atom stereocenters. The van der Waals surface area contributed by atoms with Gasteiger partial charge in [0.05, 0.1) is 15.6 Å². The van der Waals surface area contributed by atoms with Gasteiger partial charge in [-0.2, -0.15) is 0 Å². The smallest absolute Gasteiger partial charge is 0.293 e. The van der Waals surface area contributed by atoms with Crippen molar-refractivity contribution >= 4 is 55.2 Å². The van der Waals surface area contributed by atoms with Crippen molar-refractivity contribution in [1.29, 1.82) is 0 Å². The molecule has 2 aromatic heterocycles. The van der Waals surface area contributed by atoms with Gasteiger partial charge in [0.2, 0.25) is 0 Å². The molecule has 5 nitrogen and oxygen atoms in total.